The van der Waals surface area contributed by atoms with Gasteiger partial charge in [-0.15, -0.1) is 0 Å². The third-order valence-corrected chi connectivity index (χ3v) is 4.71. The van der Waals surface area contributed by atoms with E-state index in [9.17, 15) is 18.0 Å². The molecule has 168 valence electrons. The average molecular weight is 443 g/mol. The molecule has 0 atom stereocenters. The molecule has 0 saturated heterocycles. The second kappa shape index (κ2) is 9.25. The Balaban J connectivity index is 1.70. The van der Waals surface area contributed by atoms with Crippen LogP contribution >= 0.6 is 0 Å². The number of amides is 1. The summed E-state index contributed by atoms with van der Waals surface area (Å²) in [4.78, 5) is 25.3. The van der Waals surface area contributed by atoms with E-state index in [1.165, 1.54) is 0 Å². The number of rotatable bonds is 6. The fraction of sp³-hybridized carbons (Fsp3) is 0.261. The standard InChI is InChI=1S/C23H24F3N5O/c1-30(2)20-14-21(31(3)4)29-19(28-20)13-15-5-11-18(12-6-15)27-22(32)16-7-9-17(10-8-16)23(24,25)26/h5-12,14H,13H2,1-4H3,(H,27,32). The van der Waals surface area contributed by atoms with Crippen molar-refractivity contribution in [2.24, 2.45) is 0 Å². The number of nitrogens with one attached hydrogen (secondary N) is 1. The number of benzene rings is 2. The van der Waals surface area contributed by atoms with Crippen LogP contribution in [-0.4, -0.2) is 44.1 Å². The molecule has 6 nitrogen and oxygen atoms in total. The van der Waals surface area contributed by atoms with Crippen LogP contribution in [0.15, 0.2) is 54.6 Å². The number of nitrogens with zero attached hydrogens (tertiary/aromatic N) is 4. The van der Waals surface area contributed by atoms with E-state index in [0.29, 0.717) is 17.9 Å². The Morgan fingerprint density at radius 3 is 1.88 bits per heavy atom. The minimum atomic E-state index is -4.44. The maximum Gasteiger partial charge on any atom is 0.416 e. The Kier molecular flexibility index (Phi) is 6.67. The van der Waals surface area contributed by atoms with Gasteiger partial charge in [0, 0.05) is 51.9 Å². The Morgan fingerprint density at radius 1 is 0.875 bits per heavy atom. The van der Waals surface area contributed by atoms with Gasteiger partial charge in [0.05, 0.1) is 5.56 Å². The molecule has 0 aliphatic heterocycles. The lowest BCUT2D eigenvalue weighted by Gasteiger charge is -2.17. The van der Waals surface area contributed by atoms with Gasteiger partial charge in [-0.1, -0.05) is 12.1 Å². The largest absolute Gasteiger partial charge is 0.416 e. The monoisotopic (exact) mass is 443 g/mol. The van der Waals surface area contributed by atoms with Gasteiger partial charge >= 0.3 is 6.18 Å². The molecule has 3 aromatic rings. The zero-order valence-corrected chi connectivity index (χ0v) is 18.2. The van der Waals surface area contributed by atoms with Gasteiger partial charge < -0.3 is 15.1 Å². The third-order valence-electron chi connectivity index (χ3n) is 4.71. The minimum absolute atomic E-state index is 0.146. The molecule has 32 heavy (non-hydrogen) atoms. The summed E-state index contributed by atoms with van der Waals surface area (Å²) >= 11 is 0. The molecule has 0 unspecified atom stereocenters. The summed E-state index contributed by atoms with van der Waals surface area (Å²) in [5.41, 5.74) is 0.845. The lowest BCUT2D eigenvalue weighted by molar-refractivity contribution is -0.137. The molecule has 1 heterocycles. The molecule has 2 aromatic carbocycles. The highest BCUT2D eigenvalue weighted by atomic mass is 19.4. The van der Waals surface area contributed by atoms with E-state index < -0.39 is 17.6 Å². The lowest BCUT2D eigenvalue weighted by atomic mass is 10.1. The molecule has 0 saturated carbocycles. The summed E-state index contributed by atoms with van der Waals surface area (Å²) in [6.45, 7) is 0. The van der Waals surface area contributed by atoms with Crippen molar-refractivity contribution in [3.8, 4) is 0 Å². The molecule has 0 radical (unpaired) electrons. The van der Waals surface area contributed by atoms with Crippen molar-refractivity contribution >= 4 is 23.2 Å². The first-order valence-corrected chi connectivity index (χ1v) is 9.83. The van der Waals surface area contributed by atoms with E-state index in [4.69, 9.17) is 0 Å². The topological polar surface area (TPSA) is 61.4 Å². The van der Waals surface area contributed by atoms with Gasteiger partial charge in [-0.05, 0) is 42.0 Å². The van der Waals surface area contributed by atoms with Crippen molar-refractivity contribution < 1.29 is 18.0 Å². The number of halogens is 3. The van der Waals surface area contributed by atoms with E-state index in [0.717, 1.165) is 41.5 Å². The van der Waals surface area contributed by atoms with E-state index in [2.05, 4.69) is 15.3 Å². The molecule has 1 aromatic heterocycles. The van der Waals surface area contributed by atoms with Gasteiger partial charge in [0.25, 0.3) is 5.91 Å². The Hall–Kier alpha value is -3.62. The van der Waals surface area contributed by atoms with Gasteiger partial charge in [-0.3, -0.25) is 4.79 Å². The van der Waals surface area contributed by atoms with Crippen LogP contribution in [0, 0.1) is 0 Å². The lowest BCUT2D eigenvalue weighted by Crippen LogP contribution is -2.17. The van der Waals surface area contributed by atoms with Crippen molar-refractivity contribution in [2.45, 2.75) is 12.6 Å². The molecule has 3 rings (SSSR count). The maximum atomic E-state index is 12.7. The molecule has 9 heteroatoms. The number of anilines is 3. The zero-order chi connectivity index (χ0) is 23.5. The number of aromatic nitrogens is 2. The highest BCUT2D eigenvalue weighted by molar-refractivity contribution is 6.04. The Bertz CT molecular complexity index is 1050. The van der Waals surface area contributed by atoms with E-state index in [1.807, 2.05) is 56.2 Å². The molecular weight excluding hydrogens is 419 g/mol. The summed E-state index contributed by atoms with van der Waals surface area (Å²) in [7, 11) is 7.67. The highest BCUT2D eigenvalue weighted by Gasteiger charge is 2.30. The van der Waals surface area contributed by atoms with Crippen molar-refractivity contribution in [3.63, 3.8) is 0 Å². The SMILES string of the molecule is CN(C)c1cc(N(C)C)nc(Cc2ccc(NC(=O)c3ccc(C(F)(F)F)cc3)cc2)n1. The van der Waals surface area contributed by atoms with E-state index >= 15 is 0 Å². The number of hydrogen-bond donors (Lipinski definition) is 1. The van der Waals surface area contributed by atoms with Crippen LogP contribution in [0.4, 0.5) is 30.5 Å². The molecular formula is C23H24F3N5O. The van der Waals surface area contributed by atoms with Crippen LogP contribution in [-0.2, 0) is 12.6 Å². The first kappa shape index (κ1) is 23.1. The van der Waals surface area contributed by atoms with Gasteiger partial charge in [-0.25, -0.2) is 9.97 Å². The van der Waals surface area contributed by atoms with E-state index in [-0.39, 0.29) is 5.56 Å². The normalized spacial score (nSPS) is 11.2. The third kappa shape index (κ3) is 5.75. The summed E-state index contributed by atoms with van der Waals surface area (Å²) in [6.07, 6.45) is -3.93. The van der Waals surface area contributed by atoms with Crippen LogP contribution in [0.1, 0.15) is 27.3 Å². The van der Waals surface area contributed by atoms with Gasteiger partial charge in [-0.2, -0.15) is 13.2 Å². The molecule has 1 N–H and O–H groups in total. The molecule has 0 fully saturated rings. The summed E-state index contributed by atoms with van der Waals surface area (Å²) in [5.74, 6) is 1.80. The fourth-order valence-electron chi connectivity index (χ4n) is 2.91. The number of carbonyl (C=O) groups is 1. The van der Waals surface area contributed by atoms with Gasteiger partial charge in [0.2, 0.25) is 0 Å². The van der Waals surface area contributed by atoms with Crippen LogP contribution in [0.3, 0.4) is 0 Å². The van der Waals surface area contributed by atoms with Gasteiger partial charge in [0.1, 0.15) is 17.5 Å². The van der Waals surface area contributed by atoms with Crippen LogP contribution < -0.4 is 15.1 Å². The van der Waals surface area contributed by atoms with Crippen molar-refractivity contribution in [1.82, 2.24) is 9.97 Å². The van der Waals surface area contributed by atoms with Gasteiger partial charge in [0.15, 0.2) is 0 Å². The predicted molar refractivity (Wildman–Crippen MR) is 119 cm³/mol. The zero-order valence-electron chi connectivity index (χ0n) is 18.2. The smallest absolute Gasteiger partial charge is 0.363 e. The molecule has 1 amide bonds. The Morgan fingerprint density at radius 2 is 1.41 bits per heavy atom. The summed E-state index contributed by atoms with van der Waals surface area (Å²) in [6, 6.07) is 13.2. The number of hydrogen-bond acceptors (Lipinski definition) is 5. The second-order valence-corrected chi connectivity index (χ2v) is 7.69. The second-order valence-electron chi connectivity index (χ2n) is 7.69. The maximum absolute atomic E-state index is 12.7. The molecule has 0 aliphatic carbocycles. The van der Waals surface area contributed by atoms with Crippen LogP contribution in [0.2, 0.25) is 0 Å². The van der Waals surface area contributed by atoms with Crippen molar-refractivity contribution in [2.75, 3.05) is 43.3 Å². The quantitative estimate of drug-likeness (QED) is 0.609. The first-order chi connectivity index (χ1) is 15.0. The Labute approximate surface area is 184 Å². The van der Waals surface area contributed by atoms with Crippen LogP contribution in [0.25, 0.3) is 0 Å². The van der Waals surface area contributed by atoms with E-state index in [1.54, 1.807) is 12.1 Å². The number of alkyl halides is 3. The van der Waals surface area contributed by atoms with Crippen molar-refractivity contribution in [1.29, 1.82) is 0 Å². The molecule has 0 spiro atoms. The summed E-state index contributed by atoms with van der Waals surface area (Å²) < 4.78 is 38.0. The minimum Gasteiger partial charge on any atom is -0.363 e. The first-order valence-electron chi connectivity index (χ1n) is 9.83. The average Bonchev–Trinajstić information content (AvgIpc) is 2.74. The highest BCUT2D eigenvalue weighted by Crippen LogP contribution is 2.29. The van der Waals surface area contributed by atoms with Crippen LogP contribution in [0.5, 0.6) is 0 Å². The molecule has 0 bridgehead atoms. The summed E-state index contributed by atoms with van der Waals surface area (Å²) in [5, 5.41) is 2.69. The fourth-order valence-corrected chi connectivity index (χ4v) is 2.91. The van der Waals surface area contributed by atoms with Crippen molar-refractivity contribution in [3.05, 3.63) is 77.1 Å². The predicted octanol–water partition coefficient (Wildman–Crippen LogP) is 4.47. The number of carbonyl (C=O) groups excluding carboxylic acids is 1. The molecule has 0 aliphatic rings.